The number of nitriles is 1. The number of amides is 2. The molecule has 8 bridgehead atoms. The number of fused-ring (bicyclic) bond motifs is 18. The summed E-state index contributed by atoms with van der Waals surface area (Å²) in [6.45, 7) is 30.6. The number of hydrogen-bond donors (Lipinski definition) is 7. The van der Waals surface area contributed by atoms with Crippen LogP contribution in [0.3, 0.4) is 0 Å². The molecule has 20 rings (SSSR count). The molecule has 14 heterocycles. The fraction of sp³-hybridized carbons (Fsp3) is 0.563. The van der Waals surface area contributed by atoms with Crippen molar-refractivity contribution >= 4 is 71.9 Å². The number of aromatic hydroxyl groups is 2. The highest BCUT2D eigenvalue weighted by Crippen LogP contribution is 2.68. The van der Waals surface area contributed by atoms with Gasteiger partial charge in [-0.15, -0.1) is 23.5 Å². The van der Waals surface area contributed by atoms with Crippen LogP contribution in [0.5, 0.6) is 80.5 Å². The molecule has 4 saturated heterocycles. The monoisotopic (exact) mass is 2020 g/mol. The molecule has 0 saturated carbocycles. The number of thioether (sulfide) groups is 2. The minimum absolute atomic E-state index is 0. The van der Waals surface area contributed by atoms with E-state index in [9.17, 15) is 49.3 Å². The average Bonchev–Trinajstić information content (AvgIpc) is 1.54. The number of phenolic OH excluding ortho intramolecular Hbond substituents is 2. The normalized spacial score (nSPS) is 25.6. The number of rotatable bonds is 12. The molecule has 0 aliphatic carbocycles. The Balaban J connectivity index is 0.000000213. The minimum atomic E-state index is -1.53. The fourth-order valence-electron chi connectivity index (χ4n) is 22.2. The third-order valence-corrected chi connectivity index (χ3v) is 30.9. The standard InChI is InChI=1S/C51H61N5O14S.C50H62N4O15S.2CH4/c1-23-15-27-16-29-30(19-52)56-31-20-64-46(59)51(28-18-32(62-11)33(17-26(28)13-14-53-51)67-48(61)70-50(7,8)9)21-71-44(38(56)37(55(29)10)34(27)39(57)40(23)63-12)36-35(31)43-42(65-22-66-43)24(2)41(36)68-45(58)25(3)54-47(60)69-49(4,5)6;1-22-15-26-16-28-43(56)54-29-19-63-45(58)50(27-18-30(61-11)31(17-25(27)13-14-51-50)66-47(60)69-49(7,8)9)20-70-42(36(54)35(53(28)10)32(26)37(55)38(22)62-12)34-33(29)41-40(64-21-65-41)23(2)39(34)67-44(57)24(3)52-46(59)68-48(4,5)6;;/h15,17-18,25,29-31,37-38,44,53,57H,13-14,16,20-22H2,1-12H3,(H,54,60);15,17-18,24,28-29,35-36,42-43,51,55-56H,13-14,16,19-21H2,1-12H3,(H,52,59);2*1H4/t25-,29-,30-,31-,37+,38?,44+,51+;24-,28-,29-,35+,36?,42+,43-,50+;;/m00../s1. The summed E-state index contributed by atoms with van der Waals surface area (Å²) in [6.07, 6.45) is -2.92. The Morgan fingerprint density at radius 2 is 0.867 bits per heavy atom. The van der Waals surface area contributed by atoms with Crippen LogP contribution in [0.15, 0.2) is 36.4 Å². The number of nitrogens with zero attached hydrogens (tertiary/aromatic N) is 5. The van der Waals surface area contributed by atoms with Crippen LogP contribution in [-0.4, -0.2) is 248 Å². The van der Waals surface area contributed by atoms with Gasteiger partial charge >= 0.3 is 48.4 Å². The Kier molecular flexibility index (Phi) is 29.0. The fourth-order valence-corrected chi connectivity index (χ4v) is 25.6. The van der Waals surface area contributed by atoms with E-state index in [4.69, 9.17) is 85.3 Å². The van der Waals surface area contributed by atoms with E-state index >= 15 is 9.59 Å². The van der Waals surface area contributed by atoms with Gasteiger partial charge in [-0.05, 0) is 233 Å². The Bertz CT molecular complexity index is 6160. The zero-order valence-corrected chi connectivity index (χ0v) is 85.2. The average molecular weight is 2020 g/mol. The lowest BCUT2D eigenvalue weighted by atomic mass is 9.71. The smallest absolute Gasteiger partial charge is 0.504 e. The summed E-state index contributed by atoms with van der Waals surface area (Å²) in [4.78, 5) is 119. The molecule has 7 N–H and O–H groups in total. The number of hydrogen-bond acceptors (Lipinski definition) is 38. The van der Waals surface area contributed by atoms with Crippen molar-refractivity contribution in [3.05, 3.63) is 125 Å². The highest BCUT2D eigenvalue weighted by atomic mass is 32.2. The van der Waals surface area contributed by atoms with Crippen molar-refractivity contribution in [2.24, 2.45) is 0 Å². The Morgan fingerprint density at radius 3 is 1.25 bits per heavy atom. The number of ether oxygens (including phenoxy) is 18. The molecular formula is C103H131N9O29S2. The van der Waals surface area contributed by atoms with Crippen LogP contribution < -0.4 is 78.1 Å². The Morgan fingerprint density at radius 1 is 0.490 bits per heavy atom. The summed E-state index contributed by atoms with van der Waals surface area (Å²) >= 11 is 2.77. The van der Waals surface area contributed by atoms with Gasteiger partial charge < -0.3 is 111 Å². The van der Waals surface area contributed by atoms with Crippen molar-refractivity contribution in [3.63, 3.8) is 0 Å². The molecule has 38 nitrogen and oxygen atoms in total. The second-order valence-corrected chi connectivity index (χ2v) is 43.8. The largest absolute Gasteiger partial charge is 0.514 e. The molecule has 4 fully saturated rings. The highest BCUT2D eigenvalue weighted by molar-refractivity contribution is 7.99. The molecule has 143 heavy (non-hydrogen) atoms. The van der Waals surface area contributed by atoms with E-state index in [0.29, 0.717) is 140 Å². The number of aryl methyl sites for hydroxylation is 2. The van der Waals surface area contributed by atoms with Crippen LogP contribution in [0.25, 0.3) is 0 Å². The van der Waals surface area contributed by atoms with Crippen molar-refractivity contribution in [1.82, 2.24) is 40.9 Å². The van der Waals surface area contributed by atoms with Gasteiger partial charge in [0, 0.05) is 87.2 Å². The lowest BCUT2D eigenvalue weighted by Gasteiger charge is -2.62. The molecule has 0 aromatic heterocycles. The van der Waals surface area contributed by atoms with E-state index in [1.54, 1.807) is 121 Å². The Labute approximate surface area is 840 Å². The number of methoxy groups -OCH3 is 4. The number of aliphatic hydroxyl groups is 1. The first kappa shape index (κ1) is 105. The molecule has 6 aromatic carbocycles. The molecule has 16 atom stereocenters. The molecule has 6 aromatic rings. The number of carbonyl (C=O) groups is 8. The number of benzene rings is 6. The predicted octanol–water partition coefficient (Wildman–Crippen LogP) is 13.7. The van der Waals surface area contributed by atoms with Crippen molar-refractivity contribution < 1.29 is 139 Å². The van der Waals surface area contributed by atoms with Crippen LogP contribution in [0, 0.1) is 39.0 Å². The Hall–Kier alpha value is -11.8. The van der Waals surface area contributed by atoms with Gasteiger partial charge in [0.1, 0.15) is 71.5 Å². The van der Waals surface area contributed by atoms with Crippen molar-refractivity contribution in [2.45, 2.75) is 282 Å². The van der Waals surface area contributed by atoms with Crippen molar-refractivity contribution in [2.75, 3.05) is 93.9 Å². The quantitative estimate of drug-likeness (QED) is 0.0259. The van der Waals surface area contributed by atoms with Gasteiger partial charge in [-0.2, -0.15) is 5.26 Å². The van der Waals surface area contributed by atoms with Gasteiger partial charge in [0.05, 0.1) is 75.2 Å². The molecule has 774 valence electrons. The summed E-state index contributed by atoms with van der Waals surface area (Å²) in [5.41, 5.74) is 3.51. The maximum absolute atomic E-state index is 15.2. The number of esters is 4. The van der Waals surface area contributed by atoms with Gasteiger partial charge in [0.25, 0.3) is 0 Å². The van der Waals surface area contributed by atoms with Crippen LogP contribution in [-0.2, 0) is 84.4 Å². The number of likely N-dealkylation sites (N-methyl/N-ethyl adjacent to an activating group) is 2. The lowest BCUT2D eigenvalue weighted by Crippen LogP contribution is -2.70. The van der Waals surface area contributed by atoms with Gasteiger partial charge in [-0.1, -0.05) is 27.0 Å². The molecule has 2 spiro atoms. The van der Waals surface area contributed by atoms with Crippen LogP contribution in [0.1, 0.15) is 235 Å². The molecule has 2 amide bonds. The highest BCUT2D eigenvalue weighted by Gasteiger charge is 2.65. The molecule has 14 aliphatic rings. The summed E-state index contributed by atoms with van der Waals surface area (Å²) in [7, 11) is 9.75. The summed E-state index contributed by atoms with van der Waals surface area (Å²) < 4.78 is 107. The SMILES string of the molecule is C.C.COc1cc2c(cc1OC(=O)OC(C)(C)C)CCN[C@]21CS[C@@H]2c3c(OC(=O)[C@H](C)NC(=O)OC(C)(C)C)c(C)c4c(c3[C@H](COC1=O)N1C2[C@H]2c3c(cc(C)c(OC)c3O)C[C@@H]([C@@H]1C#N)N2C)OCO4.COc1cc2c(cc1OC(=O)OC(C)(C)C)CCN[C@]21CS[C@@H]2c3c(OC(=O)[C@H](C)NC(=O)OC(C)(C)C)c(C)c4c(c3[C@H](COC1=O)N1C2[C@H]2c3c(cc(C)c(OC)c3O)C[C@@H]([C@@H]1O)N2C)OCO4. The first-order chi connectivity index (χ1) is 66.5. The number of nitrogens with one attached hydrogen (secondary N) is 4. The summed E-state index contributed by atoms with van der Waals surface area (Å²) in [5, 5.41) is 59.5. The van der Waals surface area contributed by atoms with E-state index in [-0.39, 0.29) is 105 Å². The second-order valence-electron chi connectivity index (χ2n) is 41.5. The number of piperazine rings is 2. The van der Waals surface area contributed by atoms with E-state index in [1.165, 1.54) is 65.8 Å². The predicted molar refractivity (Wildman–Crippen MR) is 523 cm³/mol. The zero-order valence-electron chi connectivity index (χ0n) is 83.5. The van der Waals surface area contributed by atoms with Gasteiger partial charge in [0.2, 0.25) is 13.6 Å². The van der Waals surface area contributed by atoms with Crippen molar-refractivity contribution in [3.8, 4) is 86.6 Å². The topological polar surface area (TPSA) is 448 Å². The zero-order chi connectivity index (χ0) is 102. The third kappa shape index (κ3) is 18.7. The van der Waals surface area contributed by atoms with E-state index < -0.39 is 159 Å². The van der Waals surface area contributed by atoms with Crippen LogP contribution in [0.2, 0.25) is 0 Å². The molecule has 14 aliphatic heterocycles. The van der Waals surface area contributed by atoms with Crippen LogP contribution >= 0.6 is 23.5 Å². The van der Waals surface area contributed by atoms with E-state index in [0.717, 1.165) is 22.3 Å². The summed E-state index contributed by atoms with van der Waals surface area (Å²) in [5.74, 6) is 0.0367. The first-order valence-electron chi connectivity index (χ1n) is 47.0. The van der Waals surface area contributed by atoms with Gasteiger partial charge in [0.15, 0.2) is 80.1 Å². The molecular weight excluding hydrogens is 1890 g/mol. The lowest BCUT2D eigenvalue weighted by molar-refractivity contribution is -0.186. The van der Waals surface area contributed by atoms with Gasteiger partial charge in [-0.3, -0.25) is 30.2 Å². The third-order valence-electron chi connectivity index (χ3n) is 27.9. The van der Waals surface area contributed by atoms with Crippen LogP contribution in [0.4, 0.5) is 19.2 Å². The van der Waals surface area contributed by atoms with E-state index in [2.05, 4.69) is 42.0 Å². The maximum atomic E-state index is 15.2. The van der Waals surface area contributed by atoms with Crippen molar-refractivity contribution in [1.29, 1.82) is 5.26 Å². The molecule has 40 heteroatoms. The number of carbonyl (C=O) groups excluding carboxylic acids is 8. The molecule has 0 radical (unpaired) electrons. The summed E-state index contributed by atoms with van der Waals surface area (Å²) in [6, 6.07) is 4.85. The number of aliphatic hydroxyl groups excluding tert-OH is 1. The molecule has 2 unspecified atom stereocenters. The number of phenols is 2. The second kappa shape index (κ2) is 39.3. The number of alkyl carbamates (subject to hydrolysis) is 2. The van der Waals surface area contributed by atoms with E-state index in [1.807, 2.05) is 45.0 Å². The first-order valence-corrected chi connectivity index (χ1v) is 49.1. The van der Waals surface area contributed by atoms with Gasteiger partial charge in [-0.25, -0.2) is 38.4 Å². The maximum Gasteiger partial charge on any atom is 0.514 e. The minimum Gasteiger partial charge on any atom is -0.504 e.